The number of hydrogen-bond acceptors (Lipinski definition) is 2. The highest BCUT2D eigenvalue weighted by Gasteiger charge is 2.12. The van der Waals surface area contributed by atoms with Gasteiger partial charge >= 0.3 is 5.97 Å². The van der Waals surface area contributed by atoms with Gasteiger partial charge in [-0.05, 0) is 35.3 Å². The molecule has 2 nitrogen and oxygen atoms in total. The molecule has 0 fully saturated rings. The first kappa shape index (κ1) is 14.1. The van der Waals surface area contributed by atoms with Crippen LogP contribution < -0.4 is 0 Å². The molecule has 0 aliphatic rings. The van der Waals surface area contributed by atoms with Crippen LogP contribution >= 0.6 is 11.8 Å². The molecule has 3 heteroatoms. The molecule has 94 valence electrons. The number of benzene rings is 1. The minimum Gasteiger partial charge on any atom is -0.481 e. The molecule has 0 aliphatic carbocycles. The van der Waals surface area contributed by atoms with Gasteiger partial charge in [0.2, 0.25) is 0 Å². The van der Waals surface area contributed by atoms with E-state index >= 15 is 0 Å². The van der Waals surface area contributed by atoms with Gasteiger partial charge in [0.1, 0.15) is 0 Å². The average molecular weight is 252 g/mol. The van der Waals surface area contributed by atoms with E-state index < -0.39 is 5.97 Å². The molecule has 17 heavy (non-hydrogen) atoms. The Kier molecular flexibility index (Phi) is 5.06. The molecule has 0 amide bonds. The number of rotatable bonds is 5. The fraction of sp³-hybridized carbons (Fsp3) is 0.500. The van der Waals surface area contributed by atoms with Crippen molar-refractivity contribution in [2.45, 2.75) is 43.9 Å². The van der Waals surface area contributed by atoms with Crippen LogP contribution in [0.4, 0.5) is 0 Å². The highest BCUT2D eigenvalue weighted by atomic mass is 32.2. The van der Waals surface area contributed by atoms with E-state index in [2.05, 4.69) is 45.0 Å². The molecule has 0 spiro atoms. The van der Waals surface area contributed by atoms with Crippen LogP contribution in [0.25, 0.3) is 0 Å². The lowest BCUT2D eigenvalue weighted by atomic mass is 9.87. The second kappa shape index (κ2) is 6.10. The molecular weight excluding hydrogens is 232 g/mol. The predicted molar refractivity (Wildman–Crippen MR) is 72.7 cm³/mol. The van der Waals surface area contributed by atoms with Gasteiger partial charge in [-0.25, -0.2) is 0 Å². The maximum Gasteiger partial charge on any atom is 0.303 e. The minimum absolute atomic E-state index is 0.187. The van der Waals surface area contributed by atoms with Crippen LogP contribution in [0.15, 0.2) is 29.2 Å². The van der Waals surface area contributed by atoms with Crippen molar-refractivity contribution in [3.05, 3.63) is 29.8 Å². The summed E-state index contributed by atoms with van der Waals surface area (Å²) in [5, 5.41) is 8.53. The Hall–Kier alpha value is -0.960. The Labute approximate surface area is 107 Å². The fourth-order valence-electron chi connectivity index (χ4n) is 1.46. The van der Waals surface area contributed by atoms with Gasteiger partial charge in [-0.2, -0.15) is 0 Å². The van der Waals surface area contributed by atoms with Gasteiger partial charge < -0.3 is 5.11 Å². The lowest BCUT2D eigenvalue weighted by Gasteiger charge is -2.19. The maximum absolute atomic E-state index is 10.4. The zero-order chi connectivity index (χ0) is 12.9. The molecule has 1 aromatic carbocycles. The lowest BCUT2D eigenvalue weighted by Crippen LogP contribution is -2.10. The van der Waals surface area contributed by atoms with Crippen molar-refractivity contribution < 1.29 is 9.90 Å². The molecule has 0 aliphatic heterocycles. The summed E-state index contributed by atoms with van der Waals surface area (Å²) in [7, 11) is 0. The van der Waals surface area contributed by atoms with Crippen molar-refractivity contribution in [1.29, 1.82) is 0 Å². The van der Waals surface area contributed by atoms with Crippen molar-refractivity contribution in [3.8, 4) is 0 Å². The second-order valence-electron chi connectivity index (χ2n) is 5.12. The molecule has 0 aromatic heterocycles. The Morgan fingerprint density at radius 3 is 2.29 bits per heavy atom. The number of thioether (sulfide) groups is 1. The third kappa shape index (κ3) is 5.26. The fourth-order valence-corrected chi connectivity index (χ4v) is 2.32. The third-order valence-electron chi connectivity index (χ3n) is 2.52. The quantitative estimate of drug-likeness (QED) is 0.637. The van der Waals surface area contributed by atoms with E-state index in [1.165, 1.54) is 10.5 Å². The molecule has 0 heterocycles. The molecule has 0 unspecified atom stereocenters. The van der Waals surface area contributed by atoms with Crippen LogP contribution in [0.1, 0.15) is 39.2 Å². The van der Waals surface area contributed by atoms with E-state index in [1.807, 2.05) is 0 Å². The van der Waals surface area contributed by atoms with Gasteiger partial charge in [0.15, 0.2) is 0 Å². The van der Waals surface area contributed by atoms with Crippen molar-refractivity contribution in [1.82, 2.24) is 0 Å². The molecule has 1 rings (SSSR count). The monoisotopic (exact) mass is 252 g/mol. The van der Waals surface area contributed by atoms with Gasteiger partial charge in [-0.3, -0.25) is 4.79 Å². The Morgan fingerprint density at radius 2 is 1.82 bits per heavy atom. The average Bonchev–Trinajstić information content (AvgIpc) is 2.23. The lowest BCUT2D eigenvalue weighted by molar-refractivity contribution is -0.137. The first-order valence-corrected chi connectivity index (χ1v) is 6.83. The van der Waals surface area contributed by atoms with Crippen LogP contribution in [0.5, 0.6) is 0 Å². The summed E-state index contributed by atoms with van der Waals surface area (Å²) in [6, 6.07) is 8.54. The summed E-state index contributed by atoms with van der Waals surface area (Å²) in [6.07, 6.45) is 0.980. The summed E-state index contributed by atoms with van der Waals surface area (Å²) in [4.78, 5) is 11.6. The van der Waals surface area contributed by atoms with Gasteiger partial charge in [0.25, 0.3) is 0 Å². The standard InChI is InChI=1S/C14H20O2S/c1-14(2,3)11-6-8-12(9-7-11)17-10-4-5-13(15)16/h6-9H,4-5,10H2,1-3H3,(H,15,16). The number of carbonyl (C=O) groups is 1. The number of aliphatic carboxylic acids is 1. The molecule has 0 atom stereocenters. The number of hydrogen-bond donors (Lipinski definition) is 1. The molecule has 0 saturated carbocycles. The minimum atomic E-state index is -0.714. The van der Waals surface area contributed by atoms with E-state index in [-0.39, 0.29) is 11.8 Å². The highest BCUT2D eigenvalue weighted by Crippen LogP contribution is 2.25. The molecule has 0 radical (unpaired) electrons. The smallest absolute Gasteiger partial charge is 0.303 e. The van der Waals surface area contributed by atoms with Gasteiger partial charge in [-0.1, -0.05) is 32.9 Å². The Morgan fingerprint density at radius 1 is 1.24 bits per heavy atom. The summed E-state index contributed by atoms with van der Waals surface area (Å²) in [6.45, 7) is 6.59. The van der Waals surface area contributed by atoms with Crippen LogP contribution in [0.2, 0.25) is 0 Å². The number of carboxylic acids is 1. The summed E-state index contributed by atoms with van der Waals surface area (Å²) in [5.74, 6) is 0.148. The van der Waals surface area contributed by atoms with Gasteiger partial charge in [-0.15, -0.1) is 11.8 Å². The molecular formula is C14H20O2S. The van der Waals surface area contributed by atoms with Crippen molar-refractivity contribution in [2.75, 3.05) is 5.75 Å². The first-order valence-electron chi connectivity index (χ1n) is 5.85. The zero-order valence-electron chi connectivity index (χ0n) is 10.7. The van der Waals surface area contributed by atoms with E-state index in [9.17, 15) is 4.79 Å². The first-order chi connectivity index (χ1) is 7.89. The van der Waals surface area contributed by atoms with Crippen molar-refractivity contribution in [3.63, 3.8) is 0 Å². The summed E-state index contributed by atoms with van der Waals surface area (Å²) >= 11 is 1.72. The zero-order valence-corrected chi connectivity index (χ0v) is 11.5. The molecule has 1 N–H and O–H groups in total. The Balaban J connectivity index is 2.43. The van der Waals surface area contributed by atoms with E-state index in [1.54, 1.807) is 11.8 Å². The topological polar surface area (TPSA) is 37.3 Å². The summed E-state index contributed by atoms with van der Waals surface area (Å²) in [5.41, 5.74) is 1.51. The normalized spacial score (nSPS) is 11.5. The van der Waals surface area contributed by atoms with Gasteiger partial charge in [0, 0.05) is 11.3 Å². The van der Waals surface area contributed by atoms with Crippen LogP contribution in [0, 0.1) is 0 Å². The predicted octanol–water partition coefficient (Wildman–Crippen LogP) is 3.94. The van der Waals surface area contributed by atoms with Crippen LogP contribution in [0.3, 0.4) is 0 Å². The molecule has 0 saturated heterocycles. The van der Waals surface area contributed by atoms with Crippen molar-refractivity contribution >= 4 is 17.7 Å². The second-order valence-corrected chi connectivity index (χ2v) is 6.29. The Bertz CT molecular complexity index is 363. The van der Waals surface area contributed by atoms with E-state index in [4.69, 9.17) is 5.11 Å². The SMILES string of the molecule is CC(C)(C)c1ccc(SCCCC(=O)O)cc1. The van der Waals surface area contributed by atoms with Gasteiger partial charge in [0.05, 0.1) is 0 Å². The maximum atomic E-state index is 10.4. The molecule has 0 bridgehead atoms. The highest BCUT2D eigenvalue weighted by molar-refractivity contribution is 7.99. The number of carboxylic acid groups (broad SMARTS) is 1. The largest absolute Gasteiger partial charge is 0.481 e. The summed E-state index contributed by atoms with van der Waals surface area (Å²) < 4.78 is 0. The van der Waals surface area contributed by atoms with Crippen LogP contribution in [-0.4, -0.2) is 16.8 Å². The van der Waals surface area contributed by atoms with Crippen LogP contribution in [-0.2, 0) is 10.2 Å². The van der Waals surface area contributed by atoms with Crippen molar-refractivity contribution in [2.24, 2.45) is 0 Å². The van der Waals surface area contributed by atoms with E-state index in [0.717, 1.165) is 12.2 Å². The molecule has 1 aromatic rings. The third-order valence-corrected chi connectivity index (χ3v) is 3.62. The van der Waals surface area contributed by atoms with E-state index in [0.29, 0.717) is 0 Å².